The summed E-state index contributed by atoms with van der Waals surface area (Å²) in [5, 5.41) is 10.5. The van der Waals surface area contributed by atoms with Gasteiger partial charge in [-0.25, -0.2) is 4.98 Å². The van der Waals surface area contributed by atoms with Gasteiger partial charge < -0.3 is 10.6 Å². The van der Waals surface area contributed by atoms with Gasteiger partial charge in [0.15, 0.2) is 0 Å². The number of piperidine rings is 1. The van der Waals surface area contributed by atoms with Crippen LogP contribution in [0.5, 0.6) is 0 Å². The molecule has 6 nitrogen and oxygen atoms in total. The van der Waals surface area contributed by atoms with Crippen molar-refractivity contribution in [1.82, 2.24) is 4.98 Å². The normalized spacial score (nSPS) is 15.5. The fourth-order valence-corrected chi connectivity index (χ4v) is 1.80. The first-order chi connectivity index (χ1) is 7.66. The molecular formula is C10H16Cl2N4O2. The second kappa shape index (κ2) is 7.35. The van der Waals surface area contributed by atoms with Crippen molar-refractivity contribution >= 4 is 36.3 Å². The summed E-state index contributed by atoms with van der Waals surface area (Å²) in [5.74, 6) is 0.789. The van der Waals surface area contributed by atoms with E-state index < -0.39 is 4.92 Å². The first-order valence-electron chi connectivity index (χ1n) is 5.28. The molecule has 1 aromatic heterocycles. The van der Waals surface area contributed by atoms with Crippen LogP contribution >= 0.6 is 24.8 Å². The van der Waals surface area contributed by atoms with Gasteiger partial charge in [-0.2, -0.15) is 0 Å². The molecule has 0 unspecified atom stereocenters. The summed E-state index contributed by atoms with van der Waals surface area (Å²) in [4.78, 5) is 16.2. The molecule has 2 rings (SSSR count). The third-order valence-electron chi connectivity index (χ3n) is 2.81. The highest BCUT2D eigenvalue weighted by Gasteiger charge is 2.17. The Balaban J connectivity index is 0.00000144. The van der Waals surface area contributed by atoms with Gasteiger partial charge in [0.1, 0.15) is 12.0 Å². The van der Waals surface area contributed by atoms with E-state index in [1.54, 1.807) is 6.07 Å². The molecule has 0 radical (unpaired) electrons. The van der Waals surface area contributed by atoms with Crippen LogP contribution in [-0.4, -0.2) is 29.0 Å². The molecule has 1 aliphatic heterocycles. The molecular weight excluding hydrogens is 279 g/mol. The van der Waals surface area contributed by atoms with E-state index in [1.807, 2.05) is 0 Å². The minimum atomic E-state index is -0.442. The van der Waals surface area contributed by atoms with Gasteiger partial charge in [-0.15, -0.1) is 24.8 Å². The third-order valence-corrected chi connectivity index (χ3v) is 2.81. The molecule has 2 N–H and O–H groups in total. The number of nitrogens with zero attached hydrogens (tertiary/aromatic N) is 3. The van der Waals surface area contributed by atoms with E-state index >= 15 is 0 Å². The molecule has 102 valence electrons. The van der Waals surface area contributed by atoms with Crippen molar-refractivity contribution in [2.75, 3.05) is 18.0 Å². The van der Waals surface area contributed by atoms with Gasteiger partial charge in [-0.3, -0.25) is 10.1 Å². The Morgan fingerprint density at radius 3 is 2.39 bits per heavy atom. The van der Waals surface area contributed by atoms with Crippen molar-refractivity contribution in [2.45, 2.75) is 18.9 Å². The largest absolute Gasteiger partial charge is 0.356 e. The first-order valence-corrected chi connectivity index (χ1v) is 5.28. The standard InChI is InChI=1S/C10H14N4O2.2ClH/c11-8-3-5-13(6-4-8)10-2-1-9(7-12-10)14(15)16;;/h1-2,7-8H,3-6,11H2;2*1H. The second-order valence-corrected chi connectivity index (χ2v) is 3.96. The monoisotopic (exact) mass is 294 g/mol. The van der Waals surface area contributed by atoms with Crippen LogP contribution in [0.15, 0.2) is 18.3 Å². The molecule has 0 amide bonds. The van der Waals surface area contributed by atoms with E-state index in [0.29, 0.717) is 0 Å². The average Bonchev–Trinajstić information content (AvgIpc) is 2.30. The Labute approximate surface area is 118 Å². The summed E-state index contributed by atoms with van der Waals surface area (Å²) in [7, 11) is 0. The lowest BCUT2D eigenvalue weighted by Crippen LogP contribution is -2.40. The summed E-state index contributed by atoms with van der Waals surface area (Å²) in [6, 6.07) is 3.44. The molecule has 8 heteroatoms. The first kappa shape index (κ1) is 16.9. The van der Waals surface area contributed by atoms with Gasteiger partial charge in [-0.1, -0.05) is 0 Å². The number of rotatable bonds is 2. The van der Waals surface area contributed by atoms with E-state index in [2.05, 4.69) is 9.88 Å². The number of pyridine rings is 1. The van der Waals surface area contributed by atoms with Gasteiger partial charge >= 0.3 is 0 Å². The molecule has 0 atom stereocenters. The van der Waals surface area contributed by atoms with Crippen LogP contribution in [0.3, 0.4) is 0 Å². The zero-order chi connectivity index (χ0) is 11.5. The van der Waals surface area contributed by atoms with Gasteiger partial charge in [0, 0.05) is 25.2 Å². The third kappa shape index (κ3) is 3.97. The quantitative estimate of drug-likeness (QED) is 0.663. The van der Waals surface area contributed by atoms with Gasteiger partial charge in [0.25, 0.3) is 5.69 Å². The average molecular weight is 295 g/mol. The lowest BCUT2D eigenvalue weighted by Gasteiger charge is -2.30. The fourth-order valence-electron chi connectivity index (χ4n) is 1.80. The van der Waals surface area contributed by atoms with E-state index in [1.165, 1.54) is 12.3 Å². The van der Waals surface area contributed by atoms with E-state index in [0.717, 1.165) is 31.7 Å². The summed E-state index contributed by atoms with van der Waals surface area (Å²) in [5.41, 5.74) is 5.83. The van der Waals surface area contributed by atoms with Crippen molar-refractivity contribution in [3.63, 3.8) is 0 Å². The number of halogens is 2. The van der Waals surface area contributed by atoms with Crippen LogP contribution in [0, 0.1) is 10.1 Å². The van der Waals surface area contributed by atoms with E-state index in [4.69, 9.17) is 5.73 Å². The van der Waals surface area contributed by atoms with Crippen molar-refractivity contribution in [2.24, 2.45) is 5.73 Å². The maximum Gasteiger partial charge on any atom is 0.287 e. The summed E-state index contributed by atoms with van der Waals surface area (Å²) < 4.78 is 0. The molecule has 0 saturated carbocycles. The predicted molar refractivity (Wildman–Crippen MR) is 74.8 cm³/mol. The molecule has 0 aromatic carbocycles. The Morgan fingerprint density at radius 2 is 1.94 bits per heavy atom. The van der Waals surface area contributed by atoms with Gasteiger partial charge in [0.05, 0.1) is 4.92 Å². The van der Waals surface area contributed by atoms with E-state index in [9.17, 15) is 10.1 Å². The molecule has 0 bridgehead atoms. The van der Waals surface area contributed by atoms with Crippen LogP contribution in [0.25, 0.3) is 0 Å². The molecule has 1 fully saturated rings. The number of nitrogens with two attached hydrogens (primary N) is 1. The van der Waals surface area contributed by atoms with E-state index in [-0.39, 0.29) is 36.5 Å². The zero-order valence-corrected chi connectivity index (χ0v) is 11.3. The number of nitro groups is 1. The number of anilines is 1. The second-order valence-electron chi connectivity index (χ2n) is 3.96. The minimum Gasteiger partial charge on any atom is -0.356 e. The number of hydrogen-bond acceptors (Lipinski definition) is 5. The molecule has 0 spiro atoms. The summed E-state index contributed by atoms with van der Waals surface area (Å²) in [6.45, 7) is 1.73. The molecule has 1 aliphatic rings. The SMILES string of the molecule is Cl.Cl.NC1CCN(c2ccc([N+](=O)[O-])cn2)CC1. The molecule has 1 aromatic rings. The van der Waals surface area contributed by atoms with Crippen LogP contribution in [0.2, 0.25) is 0 Å². The van der Waals surface area contributed by atoms with Crippen molar-refractivity contribution < 1.29 is 4.92 Å². The van der Waals surface area contributed by atoms with Gasteiger partial charge in [0.2, 0.25) is 0 Å². The maximum atomic E-state index is 10.5. The van der Waals surface area contributed by atoms with Crippen LogP contribution in [0.4, 0.5) is 11.5 Å². The Kier molecular flexibility index (Phi) is 6.90. The predicted octanol–water partition coefficient (Wildman–Crippen LogP) is 1.76. The lowest BCUT2D eigenvalue weighted by atomic mass is 10.1. The minimum absolute atomic E-state index is 0. The van der Waals surface area contributed by atoms with Crippen molar-refractivity contribution in [3.05, 3.63) is 28.4 Å². The summed E-state index contributed by atoms with van der Waals surface area (Å²) in [6.07, 6.45) is 3.18. The Hall–Kier alpha value is -1.11. The van der Waals surface area contributed by atoms with Crippen LogP contribution in [-0.2, 0) is 0 Å². The lowest BCUT2D eigenvalue weighted by molar-refractivity contribution is -0.385. The molecule has 0 aliphatic carbocycles. The smallest absolute Gasteiger partial charge is 0.287 e. The molecule has 2 heterocycles. The zero-order valence-electron chi connectivity index (χ0n) is 9.69. The Bertz CT molecular complexity index is 380. The topological polar surface area (TPSA) is 85.3 Å². The Morgan fingerprint density at radius 1 is 1.33 bits per heavy atom. The fraction of sp³-hybridized carbons (Fsp3) is 0.500. The van der Waals surface area contributed by atoms with Crippen molar-refractivity contribution in [3.8, 4) is 0 Å². The highest BCUT2D eigenvalue weighted by molar-refractivity contribution is 5.85. The van der Waals surface area contributed by atoms with Crippen LogP contribution < -0.4 is 10.6 Å². The number of hydrogen-bond donors (Lipinski definition) is 1. The molecule has 1 saturated heterocycles. The van der Waals surface area contributed by atoms with Crippen LogP contribution in [0.1, 0.15) is 12.8 Å². The summed E-state index contributed by atoms with van der Waals surface area (Å²) >= 11 is 0. The maximum absolute atomic E-state index is 10.5. The highest BCUT2D eigenvalue weighted by Crippen LogP contribution is 2.19. The van der Waals surface area contributed by atoms with Crippen molar-refractivity contribution in [1.29, 1.82) is 0 Å². The highest BCUT2D eigenvalue weighted by atomic mass is 35.5. The number of aromatic nitrogens is 1. The van der Waals surface area contributed by atoms with Gasteiger partial charge in [-0.05, 0) is 18.9 Å². The molecule has 18 heavy (non-hydrogen) atoms.